The molecule has 0 fully saturated rings. The molecule has 0 saturated heterocycles. The van der Waals surface area contributed by atoms with Crippen LogP contribution in [0, 0.1) is 0 Å². The third-order valence-corrected chi connectivity index (χ3v) is 13.5. The van der Waals surface area contributed by atoms with E-state index in [4.69, 9.17) is 19.8 Å². The second-order valence-corrected chi connectivity index (χ2v) is 14.1. The van der Waals surface area contributed by atoms with Crippen molar-refractivity contribution in [3.05, 3.63) is 78.9 Å². The molecule has 1 heterocycles. The molecular formula is C22H21BiO4. The topological polar surface area (TPSA) is 74.6 Å². The van der Waals surface area contributed by atoms with Gasteiger partial charge in [-0.1, -0.05) is 0 Å². The molecule has 0 aromatic heterocycles. The first-order chi connectivity index (χ1) is 12.9. The molecule has 0 saturated carbocycles. The van der Waals surface area contributed by atoms with Crippen LogP contribution in [0.5, 0.6) is 0 Å². The summed E-state index contributed by atoms with van der Waals surface area (Å²) in [7, 11) is 0. The second kappa shape index (κ2) is 9.98. The van der Waals surface area contributed by atoms with Gasteiger partial charge in [0, 0.05) is 13.8 Å². The third-order valence-electron chi connectivity index (χ3n) is 3.59. The molecule has 3 aromatic carbocycles. The van der Waals surface area contributed by atoms with Crippen molar-refractivity contribution in [1.82, 2.24) is 0 Å². The van der Waals surface area contributed by atoms with Crippen LogP contribution in [0.1, 0.15) is 13.8 Å². The van der Waals surface area contributed by atoms with Crippen LogP contribution >= 0.6 is 0 Å². The number of benzene rings is 3. The third kappa shape index (κ3) is 5.73. The van der Waals surface area contributed by atoms with Crippen molar-refractivity contribution in [2.45, 2.75) is 13.8 Å². The summed E-state index contributed by atoms with van der Waals surface area (Å²) in [4.78, 5) is 18.0. The Kier molecular flexibility index (Phi) is 7.69. The van der Waals surface area contributed by atoms with Gasteiger partial charge in [-0.2, -0.15) is 0 Å². The van der Waals surface area contributed by atoms with E-state index in [-0.39, 0.29) is 0 Å². The van der Waals surface area contributed by atoms with Gasteiger partial charge in [-0.15, -0.1) is 0 Å². The Bertz CT molecular complexity index is 857. The number of carbonyl (C=O) groups is 2. The Hall–Kier alpha value is -2.52. The van der Waals surface area contributed by atoms with Crippen LogP contribution in [0.25, 0.3) is 11.1 Å². The van der Waals surface area contributed by atoms with Gasteiger partial charge >= 0.3 is 122 Å². The van der Waals surface area contributed by atoms with Crippen LogP contribution in [0.15, 0.2) is 78.9 Å². The molecule has 1 aliphatic rings. The van der Waals surface area contributed by atoms with Gasteiger partial charge in [-0.3, -0.25) is 9.59 Å². The van der Waals surface area contributed by atoms with E-state index >= 15 is 0 Å². The number of fused-ring (bicyclic) bond motifs is 3. The zero-order valence-electron chi connectivity index (χ0n) is 15.2. The molecule has 27 heavy (non-hydrogen) atoms. The van der Waals surface area contributed by atoms with Crippen LogP contribution in [-0.4, -0.2) is 43.9 Å². The van der Waals surface area contributed by atoms with Crippen molar-refractivity contribution in [2.75, 3.05) is 0 Å². The normalized spacial score (nSPS) is 11.0. The molecule has 0 bridgehead atoms. The predicted octanol–water partition coefficient (Wildman–Crippen LogP) is 2.37. The Morgan fingerprint density at radius 3 is 1.37 bits per heavy atom. The summed E-state index contributed by atoms with van der Waals surface area (Å²) in [5, 5.41) is 14.8. The fraction of sp³-hybridized carbons (Fsp3) is 0.0909. The van der Waals surface area contributed by atoms with Gasteiger partial charge in [0.2, 0.25) is 0 Å². The average Bonchev–Trinajstić information content (AvgIpc) is 2.96. The molecule has 138 valence electrons. The van der Waals surface area contributed by atoms with Gasteiger partial charge in [0.1, 0.15) is 0 Å². The molecule has 0 spiro atoms. The molecule has 0 aliphatic carbocycles. The summed E-state index contributed by atoms with van der Waals surface area (Å²) < 4.78 is 4.84. The van der Waals surface area contributed by atoms with Gasteiger partial charge < -0.3 is 10.2 Å². The first kappa shape index (κ1) is 20.8. The number of aliphatic carboxylic acids is 2. The van der Waals surface area contributed by atoms with Crippen LogP contribution < -0.4 is 9.81 Å². The van der Waals surface area contributed by atoms with Gasteiger partial charge in [-0.05, 0) is 0 Å². The molecule has 0 amide bonds. The van der Waals surface area contributed by atoms with E-state index in [2.05, 4.69) is 78.9 Å². The standard InChI is InChI=1S/C12H8.C6H5.2C2H4O2.Bi/c1-3-7-11(8-4-1)12-9-5-2-6-10-12;1-2-4-6-5-3-1;2*1-2(3)4;/h1-7,9H;1-5H;2*1H3,(H,3,4);. The van der Waals surface area contributed by atoms with Crippen LogP contribution in [-0.2, 0) is 9.59 Å². The fourth-order valence-corrected chi connectivity index (χ4v) is 13.0. The molecule has 5 heteroatoms. The van der Waals surface area contributed by atoms with Crippen molar-refractivity contribution in [3.63, 3.8) is 0 Å². The minimum absolute atomic E-state index is 0.833. The molecular weight excluding hydrogens is 537 g/mol. The molecule has 2 N–H and O–H groups in total. The first-order valence-corrected chi connectivity index (χ1v) is 13.6. The van der Waals surface area contributed by atoms with Crippen LogP contribution in [0.4, 0.5) is 0 Å². The monoisotopic (exact) mass is 558 g/mol. The molecule has 0 radical (unpaired) electrons. The SMILES string of the molecule is CC(=O)O.CC(=O)O.c1cc[c]([Bi]2[c]3ccccc3-c3cccc[c]32)cc1. The van der Waals surface area contributed by atoms with Crippen molar-refractivity contribution >= 4 is 43.5 Å². The van der Waals surface area contributed by atoms with Crippen molar-refractivity contribution < 1.29 is 19.8 Å². The van der Waals surface area contributed by atoms with Gasteiger partial charge in [-0.25, -0.2) is 0 Å². The molecule has 3 aromatic rings. The maximum absolute atomic E-state index is 9.00. The number of rotatable bonds is 1. The van der Waals surface area contributed by atoms with E-state index in [1.165, 1.54) is 11.1 Å². The predicted molar refractivity (Wildman–Crippen MR) is 110 cm³/mol. The van der Waals surface area contributed by atoms with E-state index in [1.54, 1.807) is 9.81 Å². The first-order valence-electron chi connectivity index (χ1n) is 8.34. The Labute approximate surface area is 166 Å². The number of carboxylic acid groups (broad SMARTS) is 2. The maximum atomic E-state index is 9.00. The van der Waals surface area contributed by atoms with Crippen molar-refractivity contribution in [3.8, 4) is 11.1 Å². The van der Waals surface area contributed by atoms with Crippen molar-refractivity contribution in [1.29, 1.82) is 0 Å². The van der Waals surface area contributed by atoms with E-state index in [0.717, 1.165) is 13.8 Å². The molecule has 0 unspecified atom stereocenters. The number of carboxylic acids is 2. The zero-order chi connectivity index (χ0) is 19.8. The van der Waals surface area contributed by atoms with Crippen LogP contribution in [0.2, 0.25) is 0 Å². The van der Waals surface area contributed by atoms with E-state index in [9.17, 15) is 0 Å². The molecule has 4 nitrogen and oxygen atoms in total. The van der Waals surface area contributed by atoms with E-state index < -0.39 is 33.7 Å². The average molecular weight is 558 g/mol. The van der Waals surface area contributed by atoms with E-state index in [1.807, 2.05) is 0 Å². The minimum atomic E-state index is -1.99. The second-order valence-electron chi connectivity index (χ2n) is 5.74. The summed E-state index contributed by atoms with van der Waals surface area (Å²) in [6.45, 7) is 2.17. The van der Waals surface area contributed by atoms with Gasteiger partial charge in [0.05, 0.1) is 0 Å². The van der Waals surface area contributed by atoms with Gasteiger partial charge in [0.15, 0.2) is 0 Å². The van der Waals surface area contributed by atoms with Gasteiger partial charge in [0.25, 0.3) is 11.9 Å². The fourth-order valence-electron chi connectivity index (χ4n) is 2.78. The summed E-state index contributed by atoms with van der Waals surface area (Å²) >= 11 is -1.99. The summed E-state index contributed by atoms with van der Waals surface area (Å²) in [5.41, 5.74) is 2.94. The van der Waals surface area contributed by atoms with Crippen molar-refractivity contribution in [2.24, 2.45) is 0 Å². The van der Waals surface area contributed by atoms with Crippen LogP contribution in [0.3, 0.4) is 0 Å². The summed E-state index contributed by atoms with van der Waals surface area (Å²) in [6, 6.07) is 29.1. The number of hydrogen-bond acceptors (Lipinski definition) is 2. The Balaban J connectivity index is 0.000000281. The molecule has 1 aliphatic heterocycles. The quantitative estimate of drug-likeness (QED) is 0.352. The summed E-state index contributed by atoms with van der Waals surface area (Å²) in [5.74, 6) is -1.67. The Morgan fingerprint density at radius 2 is 0.963 bits per heavy atom. The molecule has 0 atom stereocenters. The zero-order valence-corrected chi connectivity index (χ0v) is 18.6. The summed E-state index contributed by atoms with van der Waals surface area (Å²) in [6.07, 6.45) is 0. The van der Waals surface area contributed by atoms with E-state index in [0.29, 0.717) is 0 Å². The molecule has 4 rings (SSSR count). The Morgan fingerprint density at radius 1 is 0.630 bits per heavy atom. The number of hydrogen-bond donors (Lipinski definition) is 2.